The van der Waals surface area contributed by atoms with Crippen LogP contribution in [0.15, 0.2) is 30.7 Å². The van der Waals surface area contributed by atoms with Crippen LogP contribution in [0.3, 0.4) is 0 Å². The Bertz CT molecular complexity index is 591. The van der Waals surface area contributed by atoms with Crippen LogP contribution in [0.2, 0.25) is 0 Å². The Kier molecular flexibility index (Phi) is 6.40. The number of halogens is 2. The second-order valence-electron chi connectivity index (χ2n) is 5.06. The number of carbonyl (C=O) groups is 1. The van der Waals surface area contributed by atoms with Crippen LogP contribution in [0.4, 0.5) is 5.82 Å². The van der Waals surface area contributed by atoms with E-state index in [9.17, 15) is 4.79 Å². The first kappa shape index (κ1) is 18.5. The molecule has 0 radical (unpaired) electrons. The summed E-state index contributed by atoms with van der Waals surface area (Å²) < 4.78 is 3.44. The number of piperidine rings is 1. The van der Waals surface area contributed by atoms with Gasteiger partial charge in [-0.25, -0.2) is 0 Å². The van der Waals surface area contributed by atoms with Crippen molar-refractivity contribution in [2.75, 3.05) is 18.4 Å². The van der Waals surface area contributed by atoms with Crippen LogP contribution in [0.25, 0.3) is 0 Å². The lowest BCUT2D eigenvalue weighted by Crippen LogP contribution is -2.52. The van der Waals surface area contributed by atoms with Gasteiger partial charge in [0.25, 0.3) is 5.91 Å². The molecule has 1 aliphatic heterocycles. The molecule has 1 saturated heterocycles. The van der Waals surface area contributed by atoms with E-state index in [2.05, 4.69) is 20.8 Å². The molecule has 3 heterocycles. The van der Waals surface area contributed by atoms with Gasteiger partial charge in [-0.3, -0.25) is 14.2 Å². The quantitative estimate of drug-likeness (QED) is 0.874. The Labute approximate surface area is 141 Å². The summed E-state index contributed by atoms with van der Waals surface area (Å²) in [5.41, 5.74) is -0.633. The van der Waals surface area contributed by atoms with Crippen molar-refractivity contribution < 1.29 is 4.79 Å². The average Bonchev–Trinajstić information content (AvgIpc) is 3.11. The number of hydrogen-bond acceptors (Lipinski definition) is 4. The summed E-state index contributed by atoms with van der Waals surface area (Å²) in [6.45, 7) is 1.60. The first-order valence-corrected chi connectivity index (χ1v) is 6.73. The van der Waals surface area contributed by atoms with Crippen molar-refractivity contribution in [1.82, 2.24) is 24.9 Å². The van der Waals surface area contributed by atoms with Crippen molar-refractivity contribution in [3.8, 4) is 0 Å². The van der Waals surface area contributed by atoms with Crippen LogP contribution < -0.4 is 10.6 Å². The first-order chi connectivity index (χ1) is 9.71. The molecule has 0 aromatic carbocycles. The summed E-state index contributed by atoms with van der Waals surface area (Å²) in [5, 5.41) is 14.7. The van der Waals surface area contributed by atoms with Crippen molar-refractivity contribution in [2.45, 2.75) is 18.4 Å². The third-order valence-electron chi connectivity index (χ3n) is 3.75. The van der Waals surface area contributed by atoms with E-state index in [0.717, 1.165) is 13.1 Å². The predicted molar refractivity (Wildman–Crippen MR) is 88.6 cm³/mol. The number of anilines is 1. The molecule has 122 valence electrons. The van der Waals surface area contributed by atoms with Crippen molar-refractivity contribution in [1.29, 1.82) is 0 Å². The van der Waals surface area contributed by atoms with E-state index in [1.165, 1.54) is 0 Å². The summed E-state index contributed by atoms with van der Waals surface area (Å²) in [5.74, 6) is 0.518. The monoisotopic (exact) mass is 346 g/mol. The molecule has 0 atom stereocenters. The largest absolute Gasteiger partial charge is 0.317 e. The fourth-order valence-electron chi connectivity index (χ4n) is 2.64. The van der Waals surface area contributed by atoms with E-state index < -0.39 is 5.54 Å². The fourth-order valence-corrected chi connectivity index (χ4v) is 2.64. The maximum atomic E-state index is 12.7. The fraction of sp³-hybridized carbons (Fsp3) is 0.462. The van der Waals surface area contributed by atoms with Gasteiger partial charge in [-0.2, -0.15) is 10.2 Å². The van der Waals surface area contributed by atoms with E-state index in [1.807, 2.05) is 19.3 Å². The highest BCUT2D eigenvalue weighted by Gasteiger charge is 2.42. The van der Waals surface area contributed by atoms with E-state index in [1.54, 1.807) is 27.8 Å². The van der Waals surface area contributed by atoms with Gasteiger partial charge in [0.1, 0.15) is 5.54 Å². The van der Waals surface area contributed by atoms with Gasteiger partial charge in [-0.1, -0.05) is 0 Å². The summed E-state index contributed by atoms with van der Waals surface area (Å²) in [6, 6.07) is 3.63. The lowest BCUT2D eigenvalue weighted by atomic mass is 9.87. The van der Waals surface area contributed by atoms with Crippen LogP contribution in [0.1, 0.15) is 12.8 Å². The van der Waals surface area contributed by atoms with E-state index in [-0.39, 0.29) is 30.7 Å². The molecule has 9 heteroatoms. The normalized spacial score (nSPS) is 16.2. The zero-order chi connectivity index (χ0) is 14.0. The van der Waals surface area contributed by atoms with Gasteiger partial charge in [0, 0.05) is 31.7 Å². The van der Waals surface area contributed by atoms with Gasteiger partial charge in [0.15, 0.2) is 5.82 Å². The second kappa shape index (κ2) is 7.62. The lowest BCUT2D eigenvalue weighted by Gasteiger charge is -2.36. The maximum Gasteiger partial charge on any atom is 0.253 e. The minimum atomic E-state index is -0.633. The van der Waals surface area contributed by atoms with Crippen LogP contribution in [0.5, 0.6) is 0 Å². The van der Waals surface area contributed by atoms with Gasteiger partial charge < -0.3 is 10.6 Å². The standard InChI is InChI=1S/C13H18N6O.2ClH/c1-18-10-3-11(17-18)16-12(20)13(4-7-14-8-5-13)19-9-2-6-15-19;;/h2-3,6,9-10,14H,4-5,7-8H2,1H3,(H,16,17,20);2*1H. The SMILES string of the molecule is Cl.Cl.Cn1ccc(NC(=O)C2(n3cccn3)CCNCC2)n1. The highest BCUT2D eigenvalue weighted by Crippen LogP contribution is 2.28. The molecule has 1 fully saturated rings. The van der Waals surface area contributed by atoms with Gasteiger partial charge >= 0.3 is 0 Å². The molecule has 0 saturated carbocycles. The molecule has 22 heavy (non-hydrogen) atoms. The molecule has 0 bridgehead atoms. The molecular formula is C13H20Cl2N6O. The predicted octanol–water partition coefficient (Wildman–Crippen LogP) is 1.18. The maximum absolute atomic E-state index is 12.7. The molecule has 0 spiro atoms. The van der Waals surface area contributed by atoms with Crippen LogP contribution in [0, 0.1) is 0 Å². The van der Waals surface area contributed by atoms with Gasteiger partial charge in [0.05, 0.1) is 0 Å². The van der Waals surface area contributed by atoms with Gasteiger partial charge in [0.2, 0.25) is 0 Å². The number of aromatic nitrogens is 4. The van der Waals surface area contributed by atoms with Crippen LogP contribution in [-0.2, 0) is 17.4 Å². The van der Waals surface area contributed by atoms with E-state index >= 15 is 0 Å². The molecule has 2 aromatic heterocycles. The highest BCUT2D eigenvalue weighted by molar-refractivity contribution is 5.96. The Hall–Kier alpha value is -1.57. The minimum Gasteiger partial charge on any atom is -0.317 e. The molecule has 2 aromatic rings. The van der Waals surface area contributed by atoms with Crippen molar-refractivity contribution in [2.24, 2.45) is 7.05 Å². The van der Waals surface area contributed by atoms with E-state index in [0.29, 0.717) is 18.7 Å². The Morgan fingerprint density at radius 3 is 2.59 bits per heavy atom. The number of nitrogens with one attached hydrogen (secondary N) is 2. The Balaban J connectivity index is 0.00000121. The number of hydrogen-bond donors (Lipinski definition) is 2. The molecule has 0 unspecified atom stereocenters. The average molecular weight is 347 g/mol. The van der Waals surface area contributed by atoms with Crippen molar-refractivity contribution in [3.63, 3.8) is 0 Å². The summed E-state index contributed by atoms with van der Waals surface area (Å²) in [7, 11) is 1.82. The van der Waals surface area contributed by atoms with Gasteiger partial charge in [-0.05, 0) is 32.0 Å². The van der Waals surface area contributed by atoms with Crippen LogP contribution >= 0.6 is 24.8 Å². The van der Waals surface area contributed by atoms with Gasteiger partial charge in [-0.15, -0.1) is 24.8 Å². The van der Waals surface area contributed by atoms with E-state index in [4.69, 9.17) is 0 Å². The number of nitrogens with zero attached hydrogens (tertiary/aromatic N) is 4. The third kappa shape index (κ3) is 3.43. The lowest BCUT2D eigenvalue weighted by molar-refractivity contribution is -0.126. The van der Waals surface area contributed by atoms with Crippen LogP contribution in [-0.4, -0.2) is 38.6 Å². The second-order valence-corrected chi connectivity index (χ2v) is 5.06. The van der Waals surface area contributed by atoms with Crippen molar-refractivity contribution in [3.05, 3.63) is 30.7 Å². The minimum absolute atomic E-state index is 0. The summed E-state index contributed by atoms with van der Waals surface area (Å²) in [4.78, 5) is 12.7. The summed E-state index contributed by atoms with van der Waals surface area (Å²) in [6.07, 6.45) is 6.79. The first-order valence-electron chi connectivity index (χ1n) is 6.73. The third-order valence-corrected chi connectivity index (χ3v) is 3.75. The molecule has 1 aliphatic rings. The molecule has 1 amide bonds. The zero-order valence-corrected chi connectivity index (χ0v) is 13.9. The zero-order valence-electron chi connectivity index (χ0n) is 12.2. The number of aryl methyl sites for hydroxylation is 1. The van der Waals surface area contributed by atoms with Crippen molar-refractivity contribution >= 4 is 36.5 Å². The topological polar surface area (TPSA) is 76.8 Å². The Morgan fingerprint density at radius 1 is 1.32 bits per heavy atom. The molecule has 0 aliphatic carbocycles. The molecule has 3 rings (SSSR count). The Morgan fingerprint density at radius 2 is 2.05 bits per heavy atom. The molecule has 7 nitrogen and oxygen atoms in total. The number of amides is 1. The highest BCUT2D eigenvalue weighted by atomic mass is 35.5. The summed E-state index contributed by atoms with van der Waals surface area (Å²) >= 11 is 0. The smallest absolute Gasteiger partial charge is 0.253 e. The molecule has 2 N–H and O–H groups in total. The molecular weight excluding hydrogens is 327 g/mol. The number of rotatable bonds is 3. The number of carbonyl (C=O) groups excluding carboxylic acids is 1.